The van der Waals surface area contributed by atoms with E-state index in [4.69, 9.17) is 0 Å². The van der Waals surface area contributed by atoms with Crippen molar-refractivity contribution in [3.63, 3.8) is 0 Å². The number of nitrogens with zero attached hydrogens (tertiary/aromatic N) is 2. The van der Waals surface area contributed by atoms with Crippen molar-refractivity contribution in [2.45, 2.75) is 32.6 Å². The molecule has 1 aromatic carbocycles. The lowest BCUT2D eigenvalue weighted by molar-refractivity contribution is -0.120. The van der Waals surface area contributed by atoms with Crippen molar-refractivity contribution in [1.82, 2.24) is 9.88 Å². The predicted molar refractivity (Wildman–Crippen MR) is 89.6 cm³/mol. The third-order valence-corrected chi connectivity index (χ3v) is 4.13. The maximum atomic E-state index is 12.1. The molecule has 0 spiro atoms. The van der Waals surface area contributed by atoms with Crippen molar-refractivity contribution >= 4 is 34.6 Å². The van der Waals surface area contributed by atoms with Gasteiger partial charge in [0.1, 0.15) is 0 Å². The average molecular weight is 329 g/mol. The summed E-state index contributed by atoms with van der Waals surface area (Å²) in [5.41, 5.74) is 1.39. The van der Waals surface area contributed by atoms with Crippen LogP contribution in [0.25, 0.3) is 10.9 Å². The molecule has 1 fully saturated rings. The number of amides is 3. The molecule has 0 saturated carbocycles. The highest BCUT2D eigenvalue weighted by Crippen LogP contribution is 2.35. The lowest BCUT2D eigenvalue weighted by atomic mass is 9.92. The normalized spacial score (nSPS) is 15.7. The van der Waals surface area contributed by atoms with Crippen LogP contribution >= 0.6 is 0 Å². The molecule has 2 N–H and O–H groups in total. The van der Waals surface area contributed by atoms with E-state index in [0.29, 0.717) is 22.3 Å². The first-order chi connectivity index (χ1) is 11.2. The lowest BCUT2D eigenvalue weighted by Gasteiger charge is -2.27. The quantitative estimate of drug-likeness (QED) is 0.841. The number of nitrogens with one attached hydrogen (secondary N) is 1. The molecule has 0 atom stereocenters. The largest absolute Gasteiger partial charge is 0.464 e. The Morgan fingerprint density at radius 3 is 2.54 bits per heavy atom. The molecular weight excluding hydrogens is 310 g/mol. The molecule has 2 heterocycles. The number of imide groups is 1. The van der Waals surface area contributed by atoms with E-state index >= 15 is 0 Å². The Morgan fingerprint density at radius 1 is 1.25 bits per heavy atom. The van der Waals surface area contributed by atoms with Gasteiger partial charge in [-0.15, -0.1) is 0 Å². The van der Waals surface area contributed by atoms with Crippen molar-refractivity contribution in [2.75, 3.05) is 11.4 Å². The van der Waals surface area contributed by atoms with Crippen LogP contribution in [0.2, 0.25) is 0 Å². The maximum Gasteiger partial charge on any atom is 0.416 e. The summed E-state index contributed by atoms with van der Waals surface area (Å²) in [6, 6.07) is 6.51. The smallest absolute Gasteiger partial charge is 0.416 e. The van der Waals surface area contributed by atoms with E-state index in [0.717, 1.165) is 0 Å². The molecule has 24 heavy (non-hydrogen) atoms. The Morgan fingerprint density at radius 2 is 1.96 bits per heavy atom. The molecule has 0 aliphatic carbocycles. The molecule has 7 heteroatoms. The van der Waals surface area contributed by atoms with E-state index in [-0.39, 0.29) is 24.3 Å². The Hall–Kier alpha value is -2.83. The zero-order chi connectivity index (χ0) is 17.6. The highest BCUT2D eigenvalue weighted by Gasteiger charge is 2.29. The van der Waals surface area contributed by atoms with Crippen LogP contribution in [0.4, 0.5) is 15.3 Å². The summed E-state index contributed by atoms with van der Waals surface area (Å²) in [5.74, 6) is -0.304. The minimum Gasteiger partial charge on any atom is -0.464 e. The van der Waals surface area contributed by atoms with Crippen LogP contribution in [0.3, 0.4) is 0 Å². The van der Waals surface area contributed by atoms with Gasteiger partial charge < -0.3 is 5.11 Å². The van der Waals surface area contributed by atoms with Gasteiger partial charge in [-0.3, -0.25) is 15.0 Å². The van der Waals surface area contributed by atoms with Crippen molar-refractivity contribution in [3.05, 3.63) is 30.0 Å². The Bertz CT molecular complexity index is 861. The van der Waals surface area contributed by atoms with Gasteiger partial charge in [0.2, 0.25) is 5.91 Å². The lowest BCUT2D eigenvalue weighted by Crippen LogP contribution is -2.49. The van der Waals surface area contributed by atoms with Crippen LogP contribution < -0.4 is 10.2 Å². The van der Waals surface area contributed by atoms with E-state index in [2.05, 4.69) is 5.32 Å². The first-order valence-corrected chi connectivity index (χ1v) is 7.70. The van der Waals surface area contributed by atoms with Gasteiger partial charge in [-0.1, -0.05) is 26.8 Å². The summed E-state index contributed by atoms with van der Waals surface area (Å²) >= 11 is 0. The van der Waals surface area contributed by atoms with Crippen LogP contribution in [0, 0.1) is 0 Å². The van der Waals surface area contributed by atoms with Gasteiger partial charge in [-0.05, 0) is 18.2 Å². The Balaban J connectivity index is 2.23. The molecule has 1 aliphatic rings. The highest BCUT2D eigenvalue weighted by atomic mass is 16.4. The van der Waals surface area contributed by atoms with Gasteiger partial charge in [0.05, 0.1) is 11.2 Å². The van der Waals surface area contributed by atoms with Crippen LogP contribution in [0.1, 0.15) is 32.9 Å². The van der Waals surface area contributed by atoms with E-state index in [1.165, 1.54) is 9.47 Å². The van der Waals surface area contributed by atoms with E-state index < -0.39 is 12.1 Å². The van der Waals surface area contributed by atoms with Crippen LogP contribution in [-0.4, -0.2) is 34.2 Å². The summed E-state index contributed by atoms with van der Waals surface area (Å²) in [7, 11) is 0. The number of rotatable bonds is 1. The van der Waals surface area contributed by atoms with E-state index in [9.17, 15) is 19.5 Å². The van der Waals surface area contributed by atoms with Gasteiger partial charge >= 0.3 is 12.1 Å². The fourth-order valence-corrected chi connectivity index (χ4v) is 3.00. The van der Waals surface area contributed by atoms with Crippen molar-refractivity contribution < 1.29 is 19.5 Å². The van der Waals surface area contributed by atoms with Gasteiger partial charge in [0.25, 0.3) is 0 Å². The topological polar surface area (TPSA) is 91.6 Å². The number of hydrogen-bond donors (Lipinski definition) is 2. The summed E-state index contributed by atoms with van der Waals surface area (Å²) < 4.78 is 1.26. The summed E-state index contributed by atoms with van der Waals surface area (Å²) in [6.45, 7) is 6.08. The van der Waals surface area contributed by atoms with Gasteiger partial charge in [-0.2, -0.15) is 0 Å². The van der Waals surface area contributed by atoms with E-state index in [1.807, 2.05) is 26.8 Å². The number of hydrogen-bond acceptors (Lipinski definition) is 3. The molecule has 0 unspecified atom stereocenters. The van der Waals surface area contributed by atoms with Crippen molar-refractivity contribution in [3.8, 4) is 0 Å². The second kappa shape index (κ2) is 5.36. The molecule has 0 radical (unpaired) electrons. The molecule has 3 amide bonds. The molecule has 2 aromatic rings. The van der Waals surface area contributed by atoms with Gasteiger partial charge in [-0.25, -0.2) is 14.2 Å². The van der Waals surface area contributed by atoms with Crippen molar-refractivity contribution in [1.29, 1.82) is 0 Å². The van der Waals surface area contributed by atoms with Gasteiger partial charge in [0.15, 0.2) is 0 Å². The minimum atomic E-state index is -1.06. The number of urea groups is 1. The molecule has 1 aromatic heterocycles. The number of carbonyl (C=O) groups excluding carboxylic acids is 2. The molecule has 1 aliphatic heterocycles. The highest BCUT2D eigenvalue weighted by molar-refractivity contribution is 6.10. The fourth-order valence-electron chi connectivity index (χ4n) is 3.00. The molecule has 1 saturated heterocycles. The van der Waals surface area contributed by atoms with Gasteiger partial charge in [0, 0.05) is 29.5 Å². The number of carboxylic acid groups (broad SMARTS) is 1. The number of fused-ring (bicyclic) bond motifs is 1. The Kier molecular flexibility index (Phi) is 3.59. The first-order valence-electron chi connectivity index (χ1n) is 7.70. The predicted octanol–water partition coefficient (Wildman–Crippen LogP) is 2.91. The van der Waals surface area contributed by atoms with Crippen LogP contribution in [0.15, 0.2) is 24.3 Å². The van der Waals surface area contributed by atoms with Crippen molar-refractivity contribution in [2.24, 2.45) is 0 Å². The zero-order valence-electron chi connectivity index (χ0n) is 13.8. The second-order valence-corrected chi connectivity index (χ2v) is 6.86. The third kappa shape index (κ3) is 2.51. The zero-order valence-corrected chi connectivity index (χ0v) is 13.8. The number of benzene rings is 1. The molecule has 3 rings (SSSR count). The van der Waals surface area contributed by atoms with E-state index in [1.54, 1.807) is 18.2 Å². The number of anilines is 1. The standard InChI is InChI=1S/C17H19N3O4/c1-17(2,3)13-9-10-11(19-8-7-14(21)18-15(19)22)5-4-6-12(10)20(13)16(23)24/h4-6,9H,7-8H2,1-3H3,(H,23,24)(H,18,21,22). The maximum absolute atomic E-state index is 12.1. The van der Waals surface area contributed by atoms with Crippen LogP contribution in [-0.2, 0) is 10.2 Å². The second-order valence-electron chi connectivity index (χ2n) is 6.86. The summed E-state index contributed by atoms with van der Waals surface area (Å²) in [4.78, 5) is 36.7. The monoisotopic (exact) mass is 329 g/mol. The average Bonchev–Trinajstić information content (AvgIpc) is 2.87. The first kappa shape index (κ1) is 16.0. The molecule has 0 bridgehead atoms. The number of aromatic nitrogens is 1. The molecule has 7 nitrogen and oxygen atoms in total. The molecular formula is C17H19N3O4. The van der Waals surface area contributed by atoms with Crippen LogP contribution in [0.5, 0.6) is 0 Å². The summed E-state index contributed by atoms with van der Waals surface area (Å²) in [5, 5.41) is 12.6. The minimum absolute atomic E-state index is 0.216. The Labute approximate surface area is 138 Å². The molecule has 126 valence electrons. The fraction of sp³-hybridized carbons (Fsp3) is 0.353. The SMILES string of the molecule is CC(C)(C)c1cc2c(N3CCC(=O)NC3=O)cccc2n1C(=O)O. The third-order valence-electron chi connectivity index (χ3n) is 4.13. The summed E-state index contributed by atoms with van der Waals surface area (Å²) in [6.07, 6.45) is -0.848. The number of carbonyl (C=O) groups is 3.